The zero-order chi connectivity index (χ0) is 13.0. The van der Waals surface area contributed by atoms with E-state index in [9.17, 15) is 4.79 Å². The van der Waals surface area contributed by atoms with E-state index in [0.29, 0.717) is 12.6 Å². The molecule has 0 amide bonds. The van der Waals surface area contributed by atoms with Gasteiger partial charge in [0, 0.05) is 19.1 Å². The van der Waals surface area contributed by atoms with E-state index >= 15 is 0 Å². The van der Waals surface area contributed by atoms with Crippen molar-refractivity contribution < 1.29 is 14.6 Å². The third kappa shape index (κ3) is 4.58. The SMILES string of the molecule is CC(CC1CC1)N1CCC(OCCC(=O)O)CC1. The van der Waals surface area contributed by atoms with Gasteiger partial charge in [0.2, 0.25) is 0 Å². The number of carbonyl (C=O) groups is 1. The van der Waals surface area contributed by atoms with E-state index in [2.05, 4.69) is 11.8 Å². The smallest absolute Gasteiger partial charge is 0.305 e. The second-order valence-corrected chi connectivity index (χ2v) is 5.78. The Morgan fingerprint density at radius 1 is 1.33 bits per heavy atom. The van der Waals surface area contributed by atoms with Crippen molar-refractivity contribution in [3.05, 3.63) is 0 Å². The van der Waals surface area contributed by atoms with Crippen LogP contribution in [0.15, 0.2) is 0 Å². The highest BCUT2D eigenvalue weighted by Crippen LogP contribution is 2.35. The van der Waals surface area contributed by atoms with Gasteiger partial charge in [-0.1, -0.05) is 12.8 Å². The normalized spacial score (nSPS) is 24.1. The van der Waals surface area contributed by atoms with Gasteiger partial charge in [0.15, 0.2) is 0 Å². The molecule has 1 aliphatic heterocycles. The molecule has 1 aliphatic carbocycles. The van der Waals surface area contributed by atoms with Gasteiger partial charge in [-0.15, -0.1) is 0 Å². The lowest BCUT2D eigenvalue weighted by molar-refractivity contribution is -0.138. The van der Waals surface area contributed by atoms with Crippen LogP contribution in [0.4, 0.5) is 0 Å². The van der Waals surface area contributed by atoms with E-state index < -0.39 is 5.97 Å². The van der Waals surface area contributed by atoms with Gasteiger partial charge in [-0.25, -0.2) is 0 Å². The molecule has 0 aromatic carbocycles. The molecule has 0 radical (unpaired) electrons. The number of aliphatic carboxylic acids is 1. The predicted molar refractivity (Wildman–Crippen MR) is 69.6 cm³/mol. The summed E-state index contributed by atoms with van der Waals surface area (Å²) >= 11 is 0. The van der Waals surface area contributed by atoms with Crippen LogP contribution in [-0.4, -0.2) is 47.8 Å². The van der Waals surface area contributed by atoms with E-state index in [1.807, 2.05) is 0 Å². The fourth-order valence-corrected chi connectivity index (χ4v) is 2.78. The largest absolute Gasteiger partial charge is 0.481 e. The van der Waals surface area contributed by atoms with Gasteiger partial charge in [-0.3, -0.25) is 4.79 Å². The minimum atomic E-state index is -0.773. The van der Waals surface area contributed by atoms with Crippen molar-refractivity contribution in [2.45, 2.75) is 57.6 Å². The number of hydrogen-bond acceptors (Lipinski definition) is 3. The summed E-state index contributed by atoms with van der Waals surface area (Å²) in [5.41, 5.74) is 0. The number of nitrogens with zero attached hydrogens (tertiary/aromatic N) is 1. The molecule has 0 aromatic rings. The average Bonchev–Trinajstić information content (AvgIpc) is 3.13. The van der Waals surface area contributed by atoms with Gasteiger partial charge in [0.25, 0.3) is 0 Å². The first-order valence-electron chi connectivity index (χ1n) is 7.22. The molecule has 0 spiro atoms. The Hall–Kier alpha value is -0.610. The Balaban J connectivity index is 1.59. The predicted octanol–water partition coefficient (Wildman–Crippen LogP) is 2.13. The molecule has 104 valence electrons. The molecule has 1 heterocycles. The van der Waals surface area contributed by atoms with Crippen molar-refractivity contribution >= 4 is 5.97 Å². The summed E-state index contributed by atoms with van der Waals surface area (Å²) in [4.78, 5) is 13.0. The summed E-state index contributed by atoms with van der Waals surface area (Å²) < 4.78 is 5.61. The van der Waals surface area contributed by atoms with Crippen LogP contribution in [0.5, 0.6) is 0 Å². The lowest BCUT2D eigenvalue weighted by Crippen LogP contribution is -2.42. The minimum absolute atomic E-state index is 0.123. The van der Waals surface area contributed by atoms with Crippen LogP contribution in [0.1, 0.15) is 45.4 Å². The van der Waals surface area contributed by atoms with Gasteiger partial charge < -0.3 is 14.7 Å². The Kier molecular flexibility index (Phi) is 5.01. The maximum atomic E-state index is 10.4. The molecule has 1 saturated carbocycles. The van der Waals surface area contributed by atoms with Crippen molar-refractivity contribution in [1.82, 2.24) is 4.90 Å². The lowest BCUT2D eigenvalue weighted by atomic mass is 10.0. The quantitative estimate of drug-likeness (QED) is 0.757. The van der Waals surface area contributed by atoms with E-state index in [0.717, 1.165) is 31.8 Å². The average molecular weight is 255 g/mol. The van der Waals surface area contributed by atoms with Crippen LogP contribution in [0.2, 0.25) is 0 Å². The zero-order valence-corrected chi connectivity index (χ0v) is 11.3. The van der Waals surface area contributed by atoms with Crippen molar-refractivity contribution in [1.29, 1.82) is 0 Å². The first-order chi connectivity index (χ1) is 8.65. The summed E-state index contributed by atoms with van der Waals surface area (Å²) in [5.74, 6) is 0.218. The lowest BCUT2D eigenvalue weighted by Gasteiger charge is -2.36. The number of hydrogen-bond donors (Lipinski definition) is 1. The number of rotatable bonds is 7. The van der Waals surface area contributed by atoms with Crippen molar-refractivity contribution in [3.63, 3.8) is 0 Å². The van der Waals surface area contributed by atoms with Crippen LogP contribution in [0, 0.1) is 5.92 Å². The van der Waals surface area contributed by atoms with Crippen LogP contribution < -0.4 is 0 Å². The fourth-order valence-electron chi connectivity index (χ4n) is 2.78. The summed E-state index contributed by atoms with van der Waals surface area (Å²) in [5, 5.41) is 8.56. The van der Waals surface area contributed by atoms with Gasteiger partial charge >= 0.3 is 5.97 Å². The summed E-state index contributed by atoms with van der Waals surface area (Å²) in [6.45, 7) is 4.90. The Morgan fingerprint density at radius 3 is 2.56 bits per heavy atom. The summed E-state index contributed by atoms with van der Waals surface area (Å²) in [6, 6.07) is 0.706. The van der Waals surface area contributed by atoms with E-state index in [4.69, 9.17) is 9.84 Å². The highest BCUT2D eigenvalue weighted by Gasteiger charge is 2.28. The molecule has 0 bridgehead atoms. The van der Waals surface area contributed by atoms with Crippen LogP contribution in [0.3, 0.4) is 0 Å². The third-order valence-corrected chi connectivity index (χ3v) is 4.14. The summed E-state index contributed by atoms with van der Waals surface area (Å²) in [6.07, 6.45) is 6.71. The molecule has 2 fully saturated rings. The van der Waals surface area contributed by atoms with Crippen molar-refractivity contribution in [2.24, 2.45) is 5.92 Å². The molecule has 0 aromatic heterocycles. The minimum Gasteiger partial charge on any atom is -0.481 e. The number of carboxylic acids is 1. The highest BCUT2D eigenvalue weighted by molar-refractivity contribution is 5.66. The van der Waals surface area contributed by atoms with Crippen molar-refractivity contribution in [3.8, 4) is 0 Å². The van der Waals surface area contributed by atoms with Crippen LogP contribution >= 0.6 is 0 Å². The molecule has 4 heteroatoms. The first-order valence-corrected chi connectivity index (χ1v) is 7.22. The molecule has 1 saturated heterocycles. The molecule has 1 unspecified atom stereocenters. The second-order valence-electron chi connectivity index (χ2n) is 5.78. The zero-order valence-electron chi connectivity index (χ0n) is 11.3. The first kappa shape index (κ1) is 13.8. The molecule has 1 atom stereocenters. The Morgan fingerprint density at radius 2 is 2.00 bits per heavy atom. The fraction of sp³-hybridized carbons (Fsp3) is 0.929. The van der Waals surface area contributed by atoms with Crippen molar-refractivity contribution in [2.75, 3.05) is 19.7 Å². The summed E-state index contributed by atoms with van der Waals surface area (Å²) in [7, 11) is 0. The maximum Gasteiger partial charge on any atom is 0.305 e. The Labute approximate surface area is 109 Å². The number of piperidine rings is 1. The molecule has 2 rings (SSSR count). The van der Waals surface area contributed by atoms with Gasteiger partial charge in [-0.2, -0.15) is 0 Å². The second kappa shape index (κ2) is 6.53. The van der Waals surface area contributed by atoms with Gasteiger partial charge in [0.05, 0.1) is 19.1 Å². The van der Waals surface area contributed by atoms with Gasteiger partial charge in [0.1, 0.15) is 0 Å². The monoisotopic (exact) mass is 255 g/mol. The highest BCUT2D eigenvalue weighted by atomic mass is 16.5. The van der Waals surface area contributed by atoms with Crippen LogP contribution in [-0.2, 0) is 9.53 Å². The third-order valence-electron chi connectivity index (χ3n) is 4.14. The molecular weight excluding hydrogens is 230 g/mol. The maximum absolute atomic E-state index is 10.4. The topological polar surface area (TPSA) is 49.8 Å². The number of ether oxygens (including phenoxy) is 1. The molecule has 1 N–H and O–H groups in total. The Bertz CT molecular complexity index is 270. The van der Waals surface area contributed by atoms with E-state index in [-0.39, 0.29) is 12.5 Å². The molecule has 2 aliphatic rings. The van der Waals surface area contributed by atoms with E-state index in [1.165, 1.54) is 19.3 Å². The molecular formula is C14H25NO3. The number of carboxylic acid groups (broad SMARTS) is 1. The number of likely N-dealkylation sites (tertiary alicyclic amines) is 1. The van der Waals surface area contributed by atoms with Crippen LogP contribution in [0.25, 0.3) is 0 Å². The molecule has 4 nitrogen and oxygen atoms in total. The van der Waals surface area contributed by atoms with E-state index in [1.54, 1.807) is 0 Å². The standard InChI is InChI=1S/C14H25NO3/c1-11(10-12-2-3-12)15-7-4-13(5-8-15)18-9-6-14(16)17/h11-13H,2-10H2,1H3,(H,16,17). The van der Waals surface area contributed by atoms with Gasteiger partial charge in [-0.05, 0) is 32.1 Å². The molecule has 18 heavy (non-hydrogen) atoms.